The number of nitrogens with one attached hydrogen (secondary N) is 1. The molecular weight excluding hydrogens is 232 g/mol. The molecule has 1 saturated carbocycles. The minimum atomic E-state index is 0.442. The normalized spacial score (nSPS) is 18.6. The van der Waals surface area contributed by atoms with Gasteiger partial charge in [-0.15, -0.1) is 0 Å². The van der Waals surface area contributed by atoms with Crippen molar-refractivity contribution in [3.63, 3.8) is 0 Å². The average Bonchev–Trinajstić information content (AvgIpc) is 3.22. The smallest absolute Gasteiger partial charge is 0.0451 e. The highest BCUT2D eigenvalue weighted by Gasteiger charge is 2.31. The summed E-state index contributed by atoms with van der Waals surface area (Å²) in [6.07, 6.45) is 2.84. The number of aryl methyl sites for hydroxylation is 1. The maximum Gasteiger partial charge on any atom is 0.0451 e. The lowest BCUT2D eigenvalue weighted by atomic mass is 10.00. The molecule has 1 aromatic rings. The van der Waals surface area contributed by atoms with E-state index in [1.165, 1.54) is 24.0 Å². The summed E-state index contributed by atoms with van der Waals surface area (Å²) in [5.74, 6) is 0.934. The minimum absolute atomic E-state index is 0.442. The molecule has 2 rings (SSSR count). The van der Waals surface area contributed by atoms with Gasteiger partial charge in [0.15, 0.2) is 0 Å². The van der Waals surface area contributed by atoms with Crippen LogP contribution in [0.1, 0.15) is 43.9 Å². The van der Waals surface area contributed by atoms with Crippen LogP contribution in [0.25, 0.3) is 0 Å². The second kappa shape index (κ2) is 6.53. The van der Waals surface area contributed by atoms with Crippen LogP contribution in [0, 0.1) is 12.8 Å². The third kappa shape index (κ3) is 3.80. The van der Waals surface area contributed by atoms with Gasteiger partial charge in [0.05, 0.1) is 0 Å². The Balaban J connectivity index is 2.05. The monoisotopic (exact) mass is 260 g/mol. The van der Waals surface area contributed by atoms with Crippen LogP contribution in [0.5, 0.6) is 0 Å². The first-order chi connectivity index (χ1) is 9.13. The van der Waals surface area contributed by atoms with Gasteiger partial charge in [0, 0.05) is 18.6 Å². The maximum atomic E-state index is 3.64. The Morgan fingerprint density at radius 2 is 2.00 bits per heavy atom. The van der Waals surface area contributed by atoms with Crippen molar-refractivity contribution in [2.45, 2.75) is 45.7 Å². The number of nitrogens with zero attached hydrogens (tertiary/aromatic N) is 1. The summed E-state index contributed by atoms with van der Waals surface area (Å²) in [4.78, 5) is 2.53. The highest BCUT2D eigenvalue weighted by Crippen LogP contribution is 2.35. The van der Waals surface area contributed by atoms with Crippen molar-refractivity contribution in [1.82, 2.24) is 10.2 Å². The molecule has 2 heteroatoms. The van der Waals surface area contributed by atoms with Gasteiger partial charge >= 0.3 is 0 Å². The zero-order chi connectivity index (χ0) is 13.8. The lowest BCUT2D eigenvalue weighted by molar-refractivity contribution is 0.210. The van der Waals surface area contributed by atoms with Gasteiger partial charge in [-0.1, -0.05) is 31.2 Å². The summed E-state index contributed by atoms with van der Waals surface area (Å²) in [7, 11) is 2.27. The highest BCUT2D eigenvalue weighted by molar-refractivity contribution is 5.29. The first-order valence-electron chi connectivity index (χ1n) is 7.62. The van der Waals surface area contributed by atoms with Gasteiger partial charge in [-0.05, 0) is 57.3 Å². The Morgan fingerprint density at radius 3 is 2.58 bits per heavy atom. The van der Waals surface area contributed by atoms with Crippen LogP contribution < -0.4 is 5.32 Å². The van der Waals surface area contributed by atoms with E-state index in [-0.39, 0.29) is 0 Å². The van der Waals surface area contributed by atoms with E-state index in [9.17, 15) is 0 Å². The number of hydrogen-bond donors (Lipinski definition) is 1. The fraction of sp³-hybridized carbons (Fsp3) is 0.647. The molecule has 2 atom stereocenters. The summed E-state index contributed by atoms with van der Waals surface area (Å²) < 4.78 is 0. The SMILES string of the molecule is CCNC(CN(C)C(C)C1CC1)c1ccccc1C. The Kier molecular flexibility index (Phi) is 5.00. The molecular formula is C17H28N2. The van der Waals surface area contributed by atoms with Gasteiger partial charge in [0.25, 0.3) is 0 Å². The molecule has 0 amide bonds. The van der Waals surface area contributed by atoms with Gasteiger partial charge in [-0.3, -0.25) is 0 Å². The van der Waals surface area contributed by atoms with E-state index >= 15 is 0 Å². The molecule has 1 aromatic carbocycles. The van der Waals surface area contributed by atoms with E-state index in [4.69, 9.17) is 0 Å². The lowest BCUT2D eigenvalue weighted by Gasteiger charge is -2.30. The van der Waals surface area contributed by atoms with Crippen LogP contribution in [0.3, 0.4) is 0 Å². The number of hydrogen-bond acceptors (Lipinski definition) is 2. The molecule has 1 fully saturated rings. The fourth-order valence-electron chi connectivity index (χ4n) is 2.89. The molecule has 2 unspecified atom stereocenters. The van der Waals surface area contributed by atoms with E-state index < -0.39 is 0 Å². The van der Waals surface area contributed by atoms with Gasteiger partial charge in [-0.2, -0.15) is 0 Å². The summed E-state index contributed by atoms with van der Waals surface area (Å²) >= 11 is 0. The molecule has 0 bridgehead atoms. The summed E-state index contributed by atoms with van der Waals surface area (Å²) in [5.41, 5.74) is 2.83. The lowest BCUT2D eigenvalue weighted by Crippen LogP contribution is -2.39. The van der Waals surface area contributed by atoms with Crippen molar-refractivity contribution >= 4 is 0 Å². The van der Waals surface area contributed by atoms with Crippen LogP contribution in [0.2, 0.25) is 0 Å². The standard InChI is InChI=1S/C17H28N2/c1-5-18-17(16-9-7-6-8-13(16)2)12-19(4)14(3)15-10-11-15/h6-9,14-15,17-18H,5,10-12H2,1-4H3. The first-order valence-corrected chi connectivity index (χ1v) is 7.62. The van der Waals surface area contributed by atoms with Gasteiger partial charge in [0.2, 0.25) is 0 Å². The molecule has 0 saturated heterocycles. The summed E-state index contributed by atoms with van der Waals surface area (Å²) in [5, 5.41) is 3.64. The molecule has 1 N–H and O–H groups in total. The molecule has 106 valence electrons. The molecule has 2 nitrogen and oxygen atoms in total. The van der Waals surface area contributed by atoms with E-state index in [0.29, 0.717) is 12.1 Å². The second-order valence-electron chi connectivity index (χ2n) is 5.98. The van der Waals surface area contributed by atoms with E-state index in [1.807, 2.05) is 0 Å². The zero-order valence-corrected chi connectivity index (χ0v) is 12.8. The second-order valence-corrected chi connectivity index (χ2v) is 5.98. The van der Waals surface area contributed by atoms with Crippen LogP contribution in [-0.4, -0.2) is 31.1 Å². The fourth-order valence-corrected chi connectivity index (χ4v) is 2.89. The average molecular weight is 260 g/mol. The quantitative estimate of drug-likeness (QED) is 0.808. The molecule has 0 aliphatic heterocycles. The Bertz CT molecular complexity index is 398. The first kappa shape index (κ1) is 14.5. The Hall–Kier alpha value is -0.860. The summed E-state index contributed by atoms with van der Waals surface area (Å²) in [6.45, 7) is 8.89. The van der Waals surface area contributed by atoms with Gasteiger partial charge in [-0.25, -0.2) is 0 Å². The number of likely N-dealkylation sites (N-methyl/N-ethyl adjacent to an activating group) is 2. The van der Waals surface area contributed by atoms with Gasteiger partial charge < -0.3 is 10.2 Å². The highest BCUT2D eigenvalue weighted by atomic mass is 15.2. The molecule has 0 spiro atoms. The molecule has 19 heavy (non-hydrogen) atoms. The molecule has 1 aliphatic rings. The van der Waals surface area contributed by atoms with E-state index in [1.54, 1.807) is 0 Å². The molecule has 1 aliphatic carbocycles. The van der Waals surface area contributed by atoms with Crippen molar-refractivity contribution in [1.29, 1.82) is 0 Å². The topological polar surface area (TPSA) is 15.3 Å². The molecule has 0 radical (unpaired) electrons. The third-order valence-electron chi connectivity index (χ3n) is 4.48. The minimum Gasteiger partial charge on any atom is -0.309 e. The predicted octanol–water partition coefficient (Wildman–Crippen LogP) is 3.38. The van der Waals surface area contributed by atoms with Gasteiger partial charge in [0.1, 0.15) is 0 Å². The van der Waals surface area contributed by atoms with E-state index in [2.05, 4.69) is 62.3 Å². The molecule has 0 heterocycles. The predicted molar refractivity (Wildman–Crippen MR) is 82.4 cm³/mol. The van der Waals surface area contributed by atoms with Crippen LogP contribution in [0.4, 0.5) is 0 Å². The summed E-state index contributed by atoms with van der Waals surface area (Å²) in [6, 6.07) is 9.90. The Labute approximate surface area is 118 Å². The number of benzene rings is 1. The van der Waals surface area contributed by atoms with Crippen molar-refractivity contribution in [3.05, 3.63) is 35.4 Å². The van der Waals surface area contributed by atoms with Crippen molar-refractivity contribution < 1.29 is 0 Å². The molecule has 0 aromatic heterocycles. The number of rotatable bonds is 7. The van der Waals surface area contributed by atoms with Crippen LogP contribution in [0.15, 0.2) is 24.3 Å². The third-order valence-corrected chi connectivity index (χ3v) is 4.48. The van der Waals surface area contributed by atoms with Crippen molar-refractivity contribution in [3.8, 4) is 0 Å². The zero-order valence-electron chi connectivity index (χ0n) is 12.8. The van der Waals surface area contributed by atoms with Crippen molar-refractivity contribution in [2.75, 3.05) is 20.1 Å². The van der Waals surface area contributed by atoms with Crippen LogP contribution in [-0.2, 0) is 0 Å². The largest absolute Gasteiger partial charge is 0.309 e. The van der Waals surface area contributed by atoms with E-state index in [0.717, 1.165) is 19.0 Å². The maximum absolute atomic E-state index is 3.64. The van der Waals surface area contributed by atoms with Crippen LogP contribution >= 0.6 is 0 Å². The van der Waals surface area contributed by atoms with Crippen molar-refractivity contribution in [2.24, 2.45) is 5.92 Å². The Morgan fingerprint density at radius 1 is 1.32 bits per heavy atom.